The van der Waals surface area contributed by atoms with Crippen molar-refractivity contribution in [2.24, 2.45) is 0 Å². The van der Waals surface area contributed by atoms with Gasteiger partial charge in [-0.2, -0.15) is 0 Å². The second-order valence-electron chi connectivity index (χ2n) is 5.40. The number of methoxy groups -OCH3 is 1. The van der Waals surface area contributed by atoms with Crippen LogP contribution >= 0.6 is 0 Å². The number of benzene rings is 2. The van der Waals surface area contributed by atoms with Crippen LogP contribution in [0.25, 0.3) is 0 Å². The van der Waals surface area contributed by atoms with Gasteiger partial charge in [0.15, 0.2) is 11.5 Å². The van der Waals surface area contributed by atoms with Crippen molar-refractivity contribution in [2.45, 2.75) is 32.9 Å². The lowest BCUT2D eigenvalue weighted by Gasteiger charge is -2.13. The fraction of sp³-hybridized carbons (Fsp3) is 0.368. The van der Waals surface area contributed by atoms with E-state index in [4.69, 9.17) is 9.47 Å². The summed E-state index contributed by atoms with van der Waals surface area (Å²) in [6.45, 7) is 4.15. The smallest absolute Gasteiger partial charge is 0.161 e. The van der Waals surface area contributed by atoms with E-state index >= 15 is 0 Å². The molecule has 2 aromatic rings. The molecule has 2 aromatic carbocycles. The summed E-state index contributed by atoms with van der Waals surface area (Å²) in [7, 11) is 1.61. The van der Waals surface area contributed by atoms with Gasteiger partial charge >= 0.3 is 0 Å². The normalized spacial score (nSPS) is 10.6. The Hall–Kier alpha value is -2.07. The Balaban J connectivity index is 1.97. The van der Waals surface area contributed by atoms with E-state index in [-0.39, 0.29) is 12.4 Å². The first-order valence-electron chi connectivity index (χ1n) is 7.98. The molecule has 1 N–H and O–H groups in total. The first kappa shape index (κ1) is 17.3. The van der Waals surface area contributed by atoms with Crippen LogP contribution in [-0.2, 0) is 13.2 Å². The van der Waals surface area contributed by atoms with E-state index in [0.29, 0.717) is 17.1 Å². The van der Waals surface area contributed by atoms with Gasteiger partial charge < -0.3 is 14.8 Å². The van der Waals surface area contributed by atoms with Gasteiger partial charge in [0.1, 0.15) is 12.4 Å². The first-order chi connectivity index (χ1) is 11.2. The fourth-order valence-corrected chi connectivity index (χ4v) is 2.25. The highest BCUT2D eigenvalue weighted by Crippen LogP contribution is 2.29. The SMILES string of the molecule is CCCCNCc1ccc(OCc2ccccc2F)c(OC)c1. The number of halogens is 1. The van der Waals surface area contributed by atoms with Crippen LogP contribution in [0.1, 0.15) is 30.9 Å². The van der Waals surface area contributed by atoms with E-state index in [1.165, 1.54) is 18.9 Å². The van der Waals surface area contributed by atoms with Gasteiger partial charge in [-0.25, -0.2) is 4.39 Å². The van der Waals surface area contributed by atoms with Crippen molar-refractivity contribution in [1.29, 1.82) is 0 Å². The zero-order valence-corrected chi connectivity index (χ0v) is 13.8. The van der Waals surface area contributed by atoms with E-state index in [1.807, 2.05) is 18.2 Å². The minimum atomic E-state index is -0.261. The fourth-order valence-electron chi connectivity index (χ4n) is 2.25. The molecule has 4 heteroatoms. The largest absolute Gasteiger partial charge is 0.493 e. The standard InChI is InChI=1S/C19H24FNO2/c1-3-4-11-21-13-15-9-10-18(19(12-15)22-2)23-14-16-7-5-6-8-17(16)20/h5-10,12,21H,3-4,11,13-14H2,1-2H3. The average Bonchev–Trinajstić information content (AvgIpc) is 2.58. The molecule has 0 heterocycles. The summed E-state index contributed by atoms with van der Waals surface area (Å²) in [6.07, 6.45) is 2.35. The van der Waals surface area contributed by atoms with Crippen LogP contribution in [-0.4, -0.2) is 13.7 Å². The maximum atomic E-state index is 13.6. The summed E-state index contributed by atoms with van der Waals surface area (Å²) in [6, 6.07) is 12.4. The molecular formula is C19H24FNO2. The summed E-state index contributed by atoms with van der Waals surface area (Å²) in [5, 5.41) is 3.39. The highest BCUT2D eigenvalue weighted by atomic mass is 19.1. The molecule has 0 aliphatic carbocycles. The van der Waals surface area contributed by atoms with Crippen LogP contribution in [0.4, 0.5) is 4.39 Å². The van der Waals surface area contributed by atoms with Crippen molar-refractivity contribution < 1.29 is 13.9 Å². The predicted octanol–water partition coefficient (Wildman–Crippen LogP) is 4.30. The van der Waals surface area contributed by atoms with Gasteiger partial charge in [0.2, 0.25) is 0 Å². The number of hydrogen-bond donors (Lipinski definition) is 1. The van der Waals surface area contributed by atoms with Gasteiger partial charge in [0, 0.05) is 12.1 Å². The third-order valence-electron chi connectivity index (χ3n) is 3.61. The van der Waals surface area contributed by atoms with E-state index < -0.39 is 0 Å². The number of rotatable bonds is 9. The van der Waals surface area contributed by atoms with Crippen LogP contribution in [0.5, 0.6) is 11.5 Å². The van der Waals surface area contributed by atoms with Crippen molar-refractivity contribution in [3.8, 4) is 11.5 Å². The minimum Gasteiger partial charge on any atom is -0.493 e. The van der Waals surface area contributed by atoms with Gasteiger partial charge in [-0.3, -0.25) is 0 Å². The Morgan fingerprint density at radius 1 is 1.09 bits per heavy atom. The molecule has 0 amide bonds. The molecule has 0 radical (unpaired) electrons. The molecule has 0 spiro atoms. The summed E-state index contributed by atoms with van der Waals surface area (Å²) < 4.78 is 24.7. The molecule has 0 aliphatic rings. The van der Waals surface area contributed by atoms with Crippen LogP contribution in [0, 0.1) is 5.82 Å². The Morgan fingerprint density at radius 2 is 1.91 bits per heavy atom. The van der Waals surface area contributed by atoms with Crippen molar-refractivity contribution >= 4 is 0 Å². The molecule has 0 aliphatic heterocycles. The summed E-state index contributed by atoms with van der Waals surface area (Å²) in [4.78, 5) is 0. The average molecular weight is 317 g/mol. The van der Waals surface area contributed by atoms with Crippen molar-refractivity contribution in [3.63, 3.8) is 0 Å². The highest BCUT2D eigenvalue weighted by Gasteiger charge is 2.08. The zero-order chi connectivity index (χ0) is 16.5. The molecule has 124 valence electrons. The Bertz CT molecular complexity index is 616. The highest BCUT2D eigenvalue weighted by molar-refractivity contribution is 5.43. The summed E-state index contributed by atoms with van der Waals surface area (Å²) in [5.74, 6) is 1.02. The monoisotopic (exact) mass is 317 g/mol. The number of nitrogens with one attached hydrogen (secondary N) is 1. The molecule has 0 unspecified atom stereocenters. The van der Waals surface area contributed by atoms with E-state index in [1.54, 1.807) is 25.3 Å². The van der Waals surface area contributed by atoms with Gasteiger partial charge in [-0.1, -0.05) is 37.6 Å². The van der Waals surface area contributed by atoms with Crippen molar-refractivity contribution in [2.75, 3.05) is 13.7 Å². The van der Waals surface area contributed by atoms with Crippen molar-refractivity contribution in [1.82, 2.24) is 5.32 Å². The quantitative estimate of drug-likeness (QED) is 0.699. The lowest BCUT2D eigenvalue weighted by Crippen LogP contribution is -2.14. The molecule has 0 bridgehead atoms. The molecular weight excluding hydrogens is 293 g/mol. The second-order valence-corrected chi connectivity index (χ2v) is 5.40. The molecule has 2 rings (SSSR count). The number of unbranched alkanes of at least 4 members (excludes halogenated alkanes) is 1. The van der Waals surface area contributed by atoms with Crippen LogP contribution in [0.3, 0.4) is 0 Å². The number of hydrogen-bond acceptors (Lipinski definition) is 3. The molecule has 0 saturated heterocycles. The molecule has 23 heavy (non-hydrogen) atoms. The third-order valence-corrected chi connectivity index (χ3v) is 3.61. The zero-order valence-electron chi connectivity index (χ0n) is 13.8. The summed E-state index contributed by atoms with van der Waals surface area (Å²) >= 11 is 0. The minimum absolute atomic E-state index is 0.178. The molecule has 0 saturated carbocycles. The Morgan fingerprint density at radius 3 is 2.65 bits per heavy atom. The van der Waals surface area contributed by atoms with Crippen LogP contribution in [0.2, 0.25) is 0 Å². The van der Waals surface area contributed by atoms with Gasteiger partial charge in [-0.15, -0.1) is 0 Å². The van der Waals surface area contributed by atoms with Gasteiger partial charge in [0.25, 0.3) is 0 Å². The summed E-state index contributed by atoms with van der Waals surface area (Å²) in [5.41, 5.74) is 1.66. The molecule has 0 fully saturated rings. The first-order valence-corrected chi connectivity index (χ1v) is 7.98. The third kappa shape index (κ3) is 5.25. The van der Waals surface area contributed by atoms with Gasteiger partial charge in [-0.05, 0) is 36.7 Å². The van der Waals surface area contributed by atoms with E-state index in [0.717, 1.165) is 18.7 Å². The topological polar surface area (TPSA) is 30.5 Å². The molecule has 0 aromatic heterocycles. The lowest BCUT2D eigenvalue weighted by molar-refractivity contribution is 0.279. The van der Waals surface area contributed by atoms with Crippen molar-refractivity contribution in [3.05, 3.63) is 59.4 Å². The van der Waals surface area contributed by atoms with Crippen LogP contribution < -0.4 is 14.8 Å². The van der Waals surface area contributed by atoms with Gasteiger partial charge in [0.05, 0.1) is 7.11 Å². The van der Waals surface area contributed by atoms with E-state index in [2.05, 4.69) is 12.2 Å². The maximum absolute atomic E-state index is 13.6. The molecule has 3 nitrogen and oxygen atoms in total. The Kier molecular flexibility index (Phi) is 6.88. The second kappa shape index (κ2) is 9.16. The maximum Gasteiger partial charge on any atom is 0.161 e. The lowest BCUT2D eigenvalue weighted by atomic mass is 10.2. The van der Waals surface area contributed by atoms with Crippen LogP contribution in [0.15, 0.2) is 42.5 Å². The number of ether oxygens (including phenoxy) is 2. The Labute approximate surface area is 137 Å². The molecule has 0 atom stereocenters. The van der Waals surface area contributed by atoms with E-state index in [9.17, 15) is 4.39 Å². The predicted molar refractivity (Wildman–Crippen MR) is 90.3 cm³/mol.